The van der Waals surface area contributed by atoms with Gasteiger partial charge < -0.3 is 5.11 Å². The molecule has 0 aliphatic rings. The second-order valence-corrected chi connectivity index (χ2v) is 5.55. The summed E-state index contributed by atoms with van der Waals surface area (Å²) < 4.78 is 1.36. The second-order valence-electron chi connectivity index (χ2n) is 5.55. The summed E-state index contributed by atoms with van der Waals surface area (Å²) in [7, 11) is 0. The van der Waals surface area contributed by atoms with Crippen molar-refractivity contribution in [2.75, 3.05) is 0 Å². The monoisotopic (exact) mass is 274 g/mol. The summed E-state index contributed by atoms with van der Waals surface area (Å²) in [5, 5.41) is 20.9. The van der Waals surface area contributed by atoms with Crippen LogP contribution in [-0.2, 0) is 10.3 Å². The van der Waals surface area contributed by atoms with E-state index in [1.807, 2.05) is 32.9 Å². The fraction of sp³-hybridized carbons (Fsp3) is 0.429. The van der Waals surface area contributed by atoms with Gasteiger partial charge in [-0.25, -0.2) is 9.48 Å². The van der Waals surface area contributed by atoms with Gasteiger partial charge >= 0.3 is 5.97 Å². The largest absolute Gasteiger partial charge is 0.479 e. The number of aliphatic carboxylic acids is 1. The highest BCUT2D eigenvalue weighted by molar-refractivity contribution is 5.77. The highest BCUT2D eigenvalue weighted by Gasteiger charge is 2.34. The molecule has 0 aliphatic carbocycles. The number of carboxylic acid groups (broad SMARTS) is 1. The molecule has 6 heteroatoms. The van der Waals surface area contributed by atoms with Gasteiger partial charge in [-0.2, -0.15) is 0 Å². The first-order valence-corrected chi connectivity index (χ1v) is 6.35. The fourth-order valence-electron chi connectivity index (χ4n) is 2.34. The van der Waals surface area contributed by atoms with Gasteiger partial charge in [0, 0.05) is 5.56 Å². The van der Waals surface area contributed by atoms with E-state index in [1.165, 1.54) is 4.68 Å². The highest BCUT2D eigenvalue weighted by Crippen LogP contribution is 2.29. The lowest BCUT2D eigenvalue weighted by Crippen LogP contribution is -2.37. The Labute approximate surface area is 117 Å². The Hall–Kier alpha value is -2.24. The summed E-state index contributed by atoms with van der Waals surface area (Å²) in [6, 6.07) is 4.07. The molecule has 0 aliphatic heterocycles. The summed E-state index contributed by atoms with van der Waals surface area (Å²) in [5.41, 5.74) is 2.89. The predicted octanol–water partition coefficient (Wildman–Crippen LogP) is 2.09. The average molecular weight is 274 g/mol. The molecule has 1 aromatic heterocycles. The zero-order chi connectivity index (χ0) is 15.1. The summed E-state index contributed by atoms with van der Waals surface area (Å²) in [6.07, 6.45) is 0. The Balaban J connectivity index is 2.68. The number of benzene rings is 1. The van der Waals surface area contributed by atoms with Gasteiger partial charge in [-0.05, 0) is 56.2 Å². The summed E-state index contributed by atoms with van der Waals surface area (Å²) in [4.78, 5) is 11.4. The van der Waals surface area contributed by atoms with Gasteiger partial charge in [-0.15, -0.1) is 5.10 Å². The summed E-state index contributed by atoms with van der Waals surface area (Å²) in [5.74, 6) is -0.499. The predicted molar refractivity (Wildman–Crippen MR) is 74.4 cm³/mol. The maximum Gasteiger partial charge on any atom is 0.331 e. The Morgan fingerprint density at radius 3 is 2.25 bits per heavy atom. The molecule has 106 valence electrons. The van der Waals surface area contributed by atoms with Crippen LogP contribution >= 0.6 is 0 Å². The van der Waals surface area contributed by atoms with Gasteiger partial charge in [0.15, 0.2) is 11.4 Å². The first kappa shape index (κ1) is 14.2. The molecule has 1 heterocycles. The molecule has 0 atom stereocenters. The van der Waals surface area contributed by atoms with Gasteiger partial charge in [0.2, 0.25) is 0 Å². The minimum absolute atomic E-state index is 0.479. The number of carbonyl (C=O) groups is 1. The molecular formula is C14H18N4O2. The number of aryl methyl sites for hydroxylation is 3. The van der Waals surface area contributed by atoms with Crippen molar-refractivity contribution in [1.82, 2.24) is 20.2 Å². The lowest BCUT2D eigenvalue weighted by molar-refractivity contribution is -0.146. The minimum Gasteiger partial charge on any atom is -0.479 e. The Morgan fingerprint density at radius 1 is 1.20 bits per heavy atom. The molecule has 0 radical (unpaired) electrons. The number of rotatable bonds is 3. The molecule has 0 saturated heterocycles. The lowest BCUT2D eigenvalue weighted by Gasteiger charge is -2.21. The van der Waals surface area contributed by atoms with Crippen molar-refractivity contribution in [2.24, 2.45) is 0 Å². The third-order valence-corrected chi connectivity index (χ3v) is 3.42. The van der Waals surface area contributed by atoms with Crippen molar-refractivity contribution < 1.29 is 9.90 Å². The first-order valence-electron chi connectivity index (χ1n) is 6.35. The SMILES string of the molecule is Cc1cc(C)c(-c2nnnn2C(C)(C)C(=O)O)c(C)c1. The van der Waals surface area contributed by atoms with E-state index in [2.05, 4.69) is 15.5 Å². The van der Waals surface area contributed by atoms with E-state index in [0.29, 0.717) is 5.82 Å². The first-order chi connectivity index (χ1) is 9.25. The molecule has 0 amide bonds. The van der Waals surface area contributed by atoms with Gasteiger partial charge in [0.25, 0.3) is 0 Å². The van der Waals surface area contributed by atoms with Gasteiger partial charge in [-0.1, -0.05) is 17.7 Å². The van der Waals surface area contributed by atoms with E-state index >= 15 is 0 Å². The molecule has 0 fully saturated rings. The van der Waals surface area contributed by atoms with Crippen LogP contribution in [0.1, 0.15) is 30.5 Å². The quantitative estimate of drug-likeness (QED) is 0.926. The van der Waals surface area contributed by atoms with Gasteiger partial charge in [0.1, 0.15) is 0 Å². The summed E-state index contributed by atoms with van der Waals surface area (Å²) in [6.45, 7) is 9.13. The van der Waals surface area contributed by atoms with E-state index in [1.54, 1.807) is 13.8 Å². The van der Waals surface area contributed by atoms with Crippen LogP contribution in [0, 0.1) is 20.8 Å². The number of carboxylic acids is 1. The second kappa shape index (κ2) is 4.70. The van der Waals surface area contributed by atoms with Crippen LogP contribution in [-0.4, -0.2) is 31.3 Å². The number of hydrogen-bond donors (Lipinski definition) is 1. The summed E-state index contributed by atoms with van der Waals surface area (Å²) >= 11 is 0. The molecule has 0 spiro atoms. The van der Waals surface area contributed by atoms with E-state index in [9.17, 15) is 9.90 Å². The van der Waals surface area contributed by atoms with Crippen molar-refractivity contribution in [3.63, 3.8) is 0 Å². The topological polar surface area (TPSA) is 80.9 Å². The van der Waals surface area contributed by atoms with Crippen LogP contribution in [0.3, 0.4) is 0 Å². The van der Waals surface area contributed by atoms with Crippen molar-refractivity contribution in [3.8, 4) is 11.4 Å². The van der Waals surface area contributed by atoms with Crippen LogP contribution in [0.4, 0.5) is 0 Å². The van der Waals surface area contributed by atoms with Crippen LogP contribution < -0.4 is 0 Å². The average Bonchev–Trinajstić information content (AvgIpc) is 2.76. The third-order valence-electron chi connectivity index (χ3n) is 3.42. The normalized spacial score (nSPS) is 11.7. The number of aromatic nitrogens is 4. The van der Waals surface area contributed by atoms with Crippen molar-refractivity contribution in [1.29, 1.82) is 0 Å². The lowest BCUT2D eigenvalue weighted by atomic mass is 9.98. The maximum absolute atomic E-state index is 11.4. The van der Waals surface area contributed by atoms with E-state index in [0.717, 1.165) is 22.3 Å². The molecule has 6 nitrogen and oxygen atoms in total. The molecule has 2 aromatic rings. The minimum atomic E-state index is -1.21. The zero-order valence-electron chi connectivity index (χ0n) is 12.3. The molecule has 20 heavy (non-hydrogen) atoms. The molecule has 0 saturated carbocycles. The molecule has 0 unspecified atom stereocenters. The van der Waals surface area contributed by atoms with Crippen LogP contribution in [0.25, 0.3) is 11.4 Å². The smallest absolute Gasteiger partial charge is 0.331 e. The molecule has 0 bridgehead atoms. The fourth-order valence-corrected chi connectivity index (χ4v) is 2.34. The van der Waals surface area contributed by atoms with Gasteiger partial charge in [-0.3, -0.25) is 0 Å². The maximum atomic E-state index is 11.4. The third kappa shape index (κ3) is 2.17. The number of nitrogens with zero attached hydrogens (tertiary/aromatic N) is 4. The van der Waals surface area contributed by atoms with Crippen LogP contribution in [0.2, 0.25) is 0 Å². The van der Waals surface area contributed by atoms with E-state index < -0.39 is 11.5 Å². The van der Waals surface area contributed by atoms with E-state index in [4.69, 9.17) is 0 Å². The van der Waals surface area contributed by atoms with Crippen LogP contribution in [0.15, 0.2) is 12.1 Å². The van der Waals surface area contributed by atoms with Crippen molar-refractivity contribution in [3.05, 3.63) is 28.8 Å². The molecule has 1 aromatic carbocycles. The van der Waals surface area contributed by atoms with Crippen molar-refractivity contribution in [2.45, 2.75) is 40.2 Å². The standard InChI is InChI=1S/C14H18N4O2/c1-8-6-9(2)11(10(3)7-8)12-15-16-17-18(12)14(4,5)13(19)20/h6-7H,1-5H3,(H,19,20). The van der Waals surface area contributed by atoms with Crippen molar-refractivity contribution >= 4 is 5.97 Å². The number of hydrogen-bond acceptors (Lipinski definition) is 4. The highest BCUT2D eigenvalue weighted by atomic mass is 16.4. The molecule has 2 rings (SSSR count). The Kier molecular flexibility index (Phi) is 3.33. The van der Waals surface area contributed by atoms with E-state index in [-0.39, 0.29) is 0 Å². The molecular weight excluding hydrogens is 256 g/mol. The van der Waals surface area contributed by atoms with Gasteiger partial charge in [0.05, 0.1) is 0 Å². The van der Waals surface area contributed by atoms with Crippen LogP contribution in [0.5, 0.6) is 0 Å². The zero-order valence-corrected chi connectivity index (χ0v) is 12.3. The molecule has 1 N–H and O–H groups in total. The number of tetrazole rings is 1. The Morgan fingerprint density at radius 2 is 1.75 bits per heavy atom. The Bertz CT molecular complexity index is 651.